The van der Waals surface area contributed by atoms with E-state index >= 15 is 0 Å². The van der Waals surface area contributed by atoms with Gasteiger partial charge in [0, 0.05) is 0 Å². The molecule has 0 aromatic carbocycles. The van der Waals surface area contributed by atoms with Crippen molar-refractivity contribution in [2.75, 3.05) is 18.1 Å². The van der Waals surface area contributed by atoms with Gasteiger partial charge in [0.2, 0.25) is 0 Å². The van der Waals surface area contributed by atoms with E-state index in [0.717, 1.165) is 30.5 Å². The third-order valence-corrected chi connectivity index (χ3v) is 4.53. The van der Waals surface area contributed by atoms with E-state index in [9.17, 15) is 9.59 Å². The maximum Gasteiger partial charge on any atom is 0.315 e. The van der Waals surface area contributed by atoms with Gasteiger partial charge >= 0.3 is 11.9 Å². The summed E-state index contributed by atoms with van der Waals surface area (Å²) in [6.45, 7) is 5.03. The quantitative estimate of drug-likeness (QED) is 0.318. The molecule has 0 fully saturated rings. The Labute approximate surface area is 145 Å². The van der Waals surface area contributed by atoms with E-state index in [2.05, 4.69) is 13.8 Å². The number of hydrogen-bond acceptors (Lipinski definition) is 4. The first-order valence-corrected chi connectivity index (χ1v) is 10.1. The second kappa shape index (κ2) is 16.2. The summed E-state index contributed by atoms with van der Waals surface area (Å²) in [5.41, 5.74) is 0. The summed E-state index contributed by atoms with van der Waals surface area (Å²) in [4.78, 5) is 21.6. The van der Waals surface area contributed by atoms with Gasteiger partial charge in [-0.25, -0.2) is 0 Å². The fourth-order valence-electron chi connectivity index (χ4n) is 2.34. The number of carbonyl (C=O) groups excluding carboxylic acids is 1. The van der Waals surface area contributed by atoms with Gasteiger partial charge in [-0.05, 0) is 12.3 Å². The van der Waals surface area contributed by atoms with Gasteiger partial charge in [-0.2, -0.15) is 0 Å². The molecule has 0 aromatic heterocycles. The molecule has 0 aliphatic heterocycles. The van der Waals surface area contributed by atoms with Gasteiger partial charge in [0.05, 0.1) is 18.1 Å². The number of hydrogen-bond donors (Lipinski definition) is 1. The molecule has 0 saturated carbocycles. The fourth-order valence-corrected chi connectivity index (χ4v) is 2.87. The number of rotatable bonds is 16. The Morgan fingerprint density at radius 3 is 1.91 bits per heavy atom. The highest BCUT2D eigenvalue weighted by Crippen LogP contribution is 2.13. The lowest BCUT2D eigenvalue weighted by atomic mass is 10.0. The molecule has 0 spiro atoms. The highest BCUT2D eigenvalue weighted by atomic mass is 32.2. The van der Waals surface area contributed by atoms with Crippen LogP contribution in [0.4, 0.5) is 0 Å². The minimum atomic E-state index is -0.900. The molecule has 4 nitrogen and oxygen atoms in total. The third kappa shape index (κ3) is 19.2. The number of thioether (sulfide) groups is 1. The number of esters is 1. The van der Waals surface area contributed by atoms with Crippen LogP contribution in [-0.2, 0) is 14.3 Å². The molecule has 0 radical (unpaired) electrons. The smallest absolute Gasteiger partial charge is 0.315 e. The molecule has 0 saturated heterocycles. The van der Waals surface area contributed by atoms with Gasteiger partial charge in [0.25, 0.3) is 0 Å². The fraction of sp³-hybridized carbons (Fsp3) is 0.889. The first-order valence-electron chi connectivity index (χ1n) is 8.97. The van der Waals surface area contributed by atoms with E-state index in [0.29, 0.717) is 6.61 Å². The Kier molecular flexibility index (Phi) is 15.7. The molecule has 1 N–H and O–H groups in total. The lowest BCUT2D eigenvalue weighted by Gasteiger charge is -2.05. The average Bonchev–Trinajstić information content (AvgIpc) is 2.47. The van der Waals surface area contributed by atoms with Gasteiger partial charge in [0.1, 0.15) is 0 Å². The molecule has 0 rings (SSSR count). The van der Waals surface area contributed by atoms with Crippen molar-refractivity contribution in [2.45, 2.75) is 78.1 Å². The molecule has 0 atom stereocenters. The predicted octanol–water partition coefficient (Wildman–Crippen LogP) is 4.90. The molecule has 136 valence electrons. The molecular weight excluding hydrogens is 312 g/mol. The van der Waals surface area contributed by atoms with Crippen LogP contribution in [0.5, 0.6) is 0 Å². The topological polar surface area (TPSA) is 63.6 Å². The van der Waals surface area contributed by atoms with Crippen LogP contribution in [0.2, 0.25) is 0 Å². The van der Waals surface area contributed by atoms with Crippen LogP contribution >= 0.6 is 11.8 Å². The summed E-state index contributed by atoms with van der Waals surface area (Å²) < 4.78 is 5.06. The van der Waals surface area contributed by atoms with Crippen LogP contribution in [0.15, 0.2) is 0 Å². The molecular formula is C18H34O4S. The van der Waals surface area contributed by atoms with Crippen molar-refractivity contribution >= 4 is 23.7 Å². The lowest BCUT2D eigenvalue weighted by molar-refractivity contribution is -0.140. The molecule has 0 amide bonds. The second-order valence-electron chi connectivity index (χ2n) is 6.47. The molecule has 0 aromatic rings. The van der Waals surface area contributed by atoms with Crippen LogP contribution in [0.3, 0.4) is 0 Å². The second-order valence-corrected chi connectivity index (χ2v) is 7.46. The molecule has 23 heavy (non-hydrogen) atoms. The maximum atomic E-state index is 11.3. The summed E-state index contributed by atoms with van der Waals surface area (Å²) in [5, 5.41) is 8.45. The van der Waals surface area contributed by atoms with E-state index in [1.807, 2.05) is 0 Å². The zero-order valence-electron chi connectivity index (χ0n) is 14.8. The van der Waals surface area contributed by atoms with Gasteiger partial charge in [-0.15, -0.1) is 11.8 Å². The lowest BCUT2D eigenvalue weighted by Crippen LogP contribution is -2.10. The minimum absolute atomic E-state index is 0.0490. The summed E-state index contributed by atoms with van der Waals surface area (Å²) in [6.07, 6.45) is 12.6. The van der Waals surface area contributed by atoms with Crippen LogP contribution in [0, 0.1) is 5.92 Å². The zero-order valence-corrected chi connectivity index (χ0v) is 15.7. The Balaban J connectivity index is 3.15. The largest absolute Gasteiger partial charge is 0.481 e. The minimum Gasteiger partial charge on any atom is -0.481 e. The first-order chi connectivity index (χ1) is 11.0. The zero-order chi connectivity index (χ0) is 17.3. The number of ether oxygens (including phenoxy) is 1. The number of carboxylic acid groups (broad SMARTS) is 1. The summed E-state index contributed by atoms with van der Waals surface area (Å²) in [7, 11) is 0. The van der Waals surface area contributed by atoms with Crippen molar-refractivity contribution in [1.29, 1.82) is 0 Å². The van der Waals surface area contributed by atoms with E-state index in [1.165, 1.54) is 51.4 Å². The highest BCUT2D eigenvalue weighted by molar-refractivity contribution is 8.00. The van der Waals surface area contributed by atoms with Crippen molar-refractivity contribution < 1.29 is 19.4 Å². The third-order valence-electron chi connectivity index (χ3n) is 3.63. The van der Waals surface area contributed by atoms with E-state index in [-0.39, 0.29) is 17.5 Å². The number of unbranched alkanes of at least 4 members (excludes halogenated alkanes) is 8. The molecule has 0 bridgehead atoms. The monoisotopic (exact) mass is 346 g/mol. The molecule has 0 unspecified atom stereocenters. The van der Waals surface area contributed by atoms with Gasteiger partial charge in [-0.3, -0.25) is 9.59 Å². The summed E-state index contributed by atoms with van der Waals surface area (Å²) in [5.74, 6) is -0.296. The van der Waals surface area contributed by atoms with Crippen molar-refractivity contribution in [3.8, 4) is 0 Å². The molecule has 0 aliphatic carbocycles. The van der Waals surface area contributed by atoms with E-state index in [1.54, 1.807) is 0 Å². The van der Waals surface area contributed by atoms with Crippen LogP contribution in [0.25, 0.3) is 0 Å². The molecule has 0 aliphatic rings. The summed E-state index contributed by atoms with van der Waals surface area (Å²) in [6, 6.07) is 0. The Bertz CT molecular complexity index is 305. The van der Waals surface area contributed by atoms with Crippen LogP contribution < -0.4 is 0 Å². The van der Waals surface area contributed by atoms with Crippen molar-refractivity contribution in [3.05, 3.63) is 0 Å². The van der Waals surface area contributed by atoms with Crippen LogP contribution in [-0.4, -0.2) is 35.2 Å². The average molecular weight is 347 g/mol. The number of carbonyl (C=O) groups is 2. The number of aliphatic carboxylic acids is 1. The molecule has 0 heterocycles. The predicted molar refractivity (Wildman–Crippen MR) is 96.9 cm³/mol. The maximum absolute atomic E-state index is 11.3. The highest BCUT2D eigenvalue weighted by Gasteiger charge is 2.05. The number of carboxylic acids is 1. The summed E-state index contributed by atoms with van der Waals surface area (Å²) >= 11 is 1.08. The van der Waals surface area contributed by atoms with E-state index in [4.69, 9.17) is 9.84 Å². The Morgan fingerprint density at radius 1 is 0.870 bits per heavy atom. The normalized spacial score (nSPS) is 10.9. The van der Waals surface area contributed by atoms with Gasteiger partial charge in [0.15, 0.2) is 0 Å². The van der Waals surface area contributed by atoms with Crippen molar-refractivity contribution in [1.82, 2.24) is 0 Å². The van der Waals surface area contributed by atoms with Gasteiger partial charge < -0.3 is 9.84 Å². The standard InChI is InChI=1S/C18H34O4S/c1-16(2)12-10-8-6-4-3-5-7-9-11-13-22-18(21)15-23-14-17(19)20/h16H,3-15H2,1-2H3,(H,19,20). The first kappa shape index (κ1) is 22.3. The van der Waals surface area contributed by atoms with Crippen LogP contribution in [0.1, 0.15) is 78.1 Å². The van der Waals surface area contributed by atoms with Gasteiger partial charge in [-0.1, -0.05) is 71.6 Å². The Hall–Kier alpha value is -0.710. The van der Waals surface area contributed by atoms with Crippen molar-refractivity contribution in [2.24, 2.45) is 5.92 Å². The molecule has 5 heteroatoms. The Morgan fingerprint density at radius 2 is 1.39 bits per heavy atom. The SMILES string of the molecule is CC(C)CCCCCCCCCCCOC(=O)CSCC(=O)O. The van der Waals surface area contributed by atoms with Crippen molar-refractivity contribution in [3.63, 3.8) is 0 Å². The van der Waals surface area contributed by atoms with E-state index < -0.39 is 5.97 Å².